The van der Waals surface area contributed by atoms with Crippen LogP contribution in [-0.4, -0.2) is 49.3 Å². The number of aromatic nitrogens is 1. The maximum absolute atomic E-state index is 12.9. The number of sulfone groups is 1. The Hall–Kier alpha value is -3.19. The summed E-state index contributed by atoms with van der Waals surface area (Å²) in [5.41, 5.74) is 3.41. The van der Waals surface area contributed by atoms with Gasteiger partial charge in [-0.1, -0.05) is 54.6 Å². The second-order valence-corrected chi connectivity index (χ2v) is 12.2. The first-order valence-corrected chi connectivity index (χ1v) is 13.7. The second-order valence-electron chi connectivity index (χ2n) is 10.1. The van der Waals surface area contributed by atoms with Crippen molar-refractivity contribution in [2.24, 2.45) is 0 Å². The summed E-state index contributed by atoms with van der Waals surface area (Å²) in [6.45, 7) is 6.80. The van der Waals surface area contributed by atoms with Crippen molar-refractivity contribution in [2.75, 3.05) is 19.3 Å². The minimum atomic E-state index is -3.36. The molecular weight excluding hydrogens is 460 g/mol. The van der Waals surface area contributed by atoms with Crippen LogP contribution in [0.1, 0.15) is 50.2 Å². The molecule has 1 aliphatic rings. The topological polar surface area (TPSA) is 76.6 Å². The zero-order valence-corrected chi connectivity index (χ0v) is 21.5. The third-order valence-electron chi connectivity index (χ3n) is 6.28. The monoisotopic (exact) mass is 492 g/mol. The van der Waals surface area contributed by atoms with Gasteiger partial charge in [0, 0.05) is 43.2 Å². The molecule has 1 saturated heterocycles. The van der Waals surface area contributed by atoms with Crippen LogP contribution < -0.4 is 0 Å². The molecule has 184 valence electrons. The molecule has 6 nitrogen and oxygen atoms in total. The Kier molecular flexibility index (Phi) is 6.99. The Morgan fingerprint density at radius 3 is 2.34 bits per heavy atom. The van der Waals surface area contributed by atoms with E-state index in [0.29, 0.717) is 13.1 Å². The molecule has 0 N–H and O–H groups in total. The summed E-state index contributed by atoms with van der Waals surface area (Å²) in [4.78, 5) is 19.0. The molecule has 1 amide bonds. The third kappa shape index (κ3) is 6.09. The lowest BCUT2D eigenvalue weighted by Gasteiger charge is -2.39. The summed E-state index contributed by atoms with van der Waals surface area (Å²) in [6.07, 6.45) is 4.76. The molecule has 7 heteroatoms. The van der Waals surface area contributed by atoms with Crippen LogP contribution in [0.5, 0.6) is 0 Å². The third-order valence-corrected chi connectivity index (χ3v) is 7.36. The van der Waals surface area contributed by atoms with Crippen molar-refractivity contribution in [1.82, 2.24) is 9.88 Å². The van der Waals surface area contributed by atoms with Crippen LogP contribution in [-0.2, 0) is 14.6 Å². The van der Waals surface area contributed by atoms with E-state index < -0.39 is 15.4 Å². The fraction of sp³-hybridized carbons (Fsp3) is 0.357. The van der Waals surface area contributed by atoms with Crippen molar-refractivity contribution >= 4 is 15.9 Å². The Morgan fingerprint density at radius 2 is 1.66 bits per heavy atom. The van der Waals surface area contributed by atoms with Gasteiger partial charge >= 0.3 is 6.09 Å². The molecule has 1 fully saturated rings. The molecule has 2 heterocycles. The quantitative estimate of drug-likeness (QED) is 0.470. The summed E-state index contributed by atoms with van der Waals surface area (Å²) in [7, 11) is -3.36. The molecule has 2 aromatic carbocycles. The average Bonchev–Trinajstić information content (AvgIpc) is 2.83. The molecule has 0 radical (unpaired) electrons. The predicted molar refractivity (Wildman–Crippen MR) is 137 cm³/mol. The molecule has 3 aromatic rings. The summed E-state index contributed by atoms with van der Waals surface area (Å²) in [5.74, 6) is 0.301. The van der Waals surface area contributed by atoms with Gasteiger partial charge in [0.2, 0.25) is 0 Å². The van der Waals surface area contributed by atoms with E-state index in [4.69, 9.17) is 4.74 Å². The zero-order chi connectivity index (χ0) is 25.2. The molecule has 35 heavy (non-hydrogen) atoms. The normalized spacial score (nSPS) is 18.8. The summed E-state index contributed by atoms with van der Waals surface area (Å²) in [6, 6.07) is 20.1. The lowest BCUT2D eigenvalue weighted by atomic mass is 9.76. The lowest BCUT2D eigenvalue weighted by molar-refractivity contribution is 0.0184. The van der Waals surface area contributed by atoms with Crippen molar-refractivity contribution in [3.05, 3.63) is 84.2 Å². The van der Waals surface area contributed by atoms with Gasteiger partial charge in [0.25, 0.3) is 0 Å². The summed E-state index contributed by atoms with van der Waals surface area (Å²) >= 11 is 0. The Morgan fingerprint density at radius 1 is 0.943 bits per heavy atom. The maximum atomic E-state index is 12.9. The molecule has 0 spiro atoms. The van der Waals surface area contributed by atoms with Gasteiger partial charge in [-0.2, -0.15) is 0 Å². The molecule has 0 saturated carbocycles. The number of pyridine rings is 1. The molecule has 2 atom stereocenters. The first-order valence-electron chi connectivity index (χ1n) is 11.8. The van der Waals surface area contributed by atoms with Gasteiger partial charge < -0.3 is 9.64 Å². The smallest absolute Gasteiger partial charge is 0.410 e. The number of carbonyl (C=O) groups is 1. The highest BCUT2D eigenvalue weighted by atomic mass is 32.2. The molecular formula is C28H32N2O4S. The Balaban J connectivity index is 1.70. The lowest BCUT2D eigenvalue weighted by Crippen LogP contribution is -2.44. The van der Waals surface area contributed by atoms with Crippen LogP contribution in [0.2, 0.25) is 0 Å². The largest absolute Gasteiger partial charge is 0.444 e. The van der Waals surface area contributed by atoms with E-state index in [2.05, 4.69) is 29.2 Å². The number of piperidine rings is 1. The molecule has 4 rings (SSSR count). The van der Waals surface area contributed by atoms with E-state index in [1.54, 1.807) is 17.2 Å². The van der Waals surface area contributed by atoms with Gasteiger partial charge in [0.15, 0.2) is 9.84 Å². The van der Waals surface area contributed by atoms with Gasteiger partial charge in [0.05, 0.1) is 4.90 Å². The zero-order valence-electron chi connectivity index (χ0n) is 20.6. The molecule has 0 bridgehead atoms. The van der Waals surface area contributed by atoms with Gasteiger partial charge in [-0.3, -0.25) is 4.98 Å². The molecule has 1 aliphatic heterocycles. The number of likely N-dealkylation sites (tertiary alicyclic amines) is 1. The van der Waals surface area contributed by atoms with Crippen molar-refractivity contribution in [3.63, 3.8) is 0 Å². The highest BCUT2D eigenvalue weighted by Crippen LogP contribution is 2.41. The minimum absolute atomic E-state index is 0.0599. The molecule has 2 unspecified atom stereocenters. The maximum Gasteiger partial charge on any atom is 0.410 e. The second kappa shape index (κ2) is 9.82. The van der Waals surface area contributed by atoms with Crippen molar-refractivity contribution < 1.29 is 17.9 Å². The number of nitrogens with zero attached hydrogens (tertiary/aromatic N) is 2. The Labute approximate surface area is 207 Å². The van der Waals surface area contributed by atoms with Gasteiger partial charge in [0.1, 0.15) is 5.60 Å². The van der Waals surface area contributed by atoms with Crippen LogP contribution in [0, 0.1) is 0 Å². The van der Waals surface area contributed by atoms with Gasteiger partial charge in [-0.05, 0) is 55.9 Å². The minimum Gasteiger partial charge on any atom is -0.444 e. The fourth-order valence-electron chi connectivity index (χ4n) is 4.61. The average molecular weight is 493 g/mol. The van der Waals surface area contributed by atoms with Crippen LogP contribution in [0.3, 0.4) is 0 Å². The Bertz CT molecular complexity index is 1300. The van der Waals surface area contributed by atoms with E-state index in [1.807, 2.05) is 51.1 Å². The predicted octanol–water partition coefficient (Wildman–Crippen LogP) is 5.66. The fourth-order valence-corrected chi connectivity index (χ4v) is 5.20. The van der Waals surface area contributed by atoms with Crippen molar-refractivity contribution in [3.8, 4) is 11.1 Å². The van der Waals surface area contributed by atoms with Crippen LogP contribution in [0.15, 0.2) is 78.0 Å². The SMILES string of the molecule is CC(C)(C)OC(=O)N1CCC(c2ccccc2)C(c2cccc(-c3cncc(S(C)(=O)=O)c3)c2)C1. The van der Waals surface area contributed by atoms with Crippen LogP contribution in [0.4, 0.5) is 4.79 Å². The van der Waals surface area contributed by atoms with Crippen LogP contribution in [0.25, 0.3) is 11.1 Å². The van der Waals surface area contributed by atoms with E-state index in [-0.39, 0.29) is 22.8 Å². The van der Waals surface area contributed by atoms with Gasteiger partial charge in [-0.25, -0.2) is 13.2 Å². The first kappa shape index (κ1) is 24.9. The number of carbonyl (C=O) groups excluding carboxylic acids is 1. The summed E-state index contributed by atoms with van der Waals surface area (Å²) in [5, 5.41) is 0. The van der Waals surface area contributed by atoms with E-state index in [0.717, 1.165) is 23.1 Å². The highest BCUT2D eigenvalue weighted by Gasteiger charge is 2.35. The number of rotatable bonds is 4. The van der Waals surface area contributed by atoms with Crippen molar-refractivity contribution in [1.29, 1.82) is 0 Å². The highest BCUT2D eigenvalue weighted by molar-refractivity contribution is 7.90. The molecule has 0 aliphatic carbocycles. The first-order chi connectivity index (χ1) is 16.5. The van der Waals surface area contributed by atoms with Gasteiger partial charge in [-0.15, -0.1) is 0 Å². The number of ether oxygens (including phenoxy) is 1. The molecule has 1 aromatic heterocycles. The summed E-state index contributed by atoms with van der Waals surface area (Å²) < 4.78 is 29.7. The van der Waals surface area contributed by atoms with Crippen LogP contribution >= 0.6 is 0 Å². The van der Waals surface area contributed by atoms with Crippen molar-refractivity contribution in [2.45, 2.75) is 49.5 Å². The number of hydrogen-bond donors (Lipinski definition) is 0. The number of benzene rings is 2. The van der Waals surface area contributed by atoms with E-state index in [9.17, 15) is 13.2 Å². The standard InChI is InChI=1S/C28H32N2O4S/c1-28(2,3)34-27(31)30-14-13-25(20-9-6-5-7-10-20)26(19-30)22-12-8-11-21(15-22)23-16-24(18-29-17-23)35(4,32)33/h5-12,15-18,25-26H,13-14,19H2,1-4H3. The van der Waals surface area contributed by atoms with E-state index in [1.165, 1.54) is 18.0 Å². The van der Waals surface area contributed by atoms with E-state index >= 15 is 0 Å². The number of amides is 1. The number of hydrogen-bond acceptors (Lipinski definition) is 5.